The normalized spacial score (nSPS) is 11.3. The summed E-state index contributed by atoms with van der Waals surface area (Å²) in [5.74, 6) is -0.329. The summed E-state index contributed by atoms with van der Waals surface area (Å²) in [6.07, 6.45) is 1.72. The molecule has 0 spiro atoms. The van der Waals surface area contributed by atoms with E-state index in [0.717, 1.165) is 22.2 Å². The summed E-state index contributed by atoms with van der Waals surface area (Å²) in [6, 6.07) is 15.4. The minimum absolute atomic E-state index is 0.329. The van der Waals surface area contributed by atoms with Gasteiger partial charge in [-0.05, 0) is 110 Å². The van der Waals surface area contributed by atoms with E-state index in [4.69, 9.17) is 4.74 Å². The van der Waals surface area contributed by atoms with Gasteiger partial charge in [-0.15, -0.1) is 0 Å². The number of hydrogen-bond acceptors (Lipinski definition) is 3. The predicted octanol–water partition coefficient (Wildman–Crippen LogP) is 7.34. The maximum absolute atomic E-state index is 12.2. The summed E-state index contributed by atoms with van der Waals surface area (Å²) in [6.45, 7) is 13.1. The number of methoxy groups -OCH3 is 1. The van der Waals surface area contributed by atoms with Gasteiger partial charge in [-0.1, -0.05) is 18.2 Å². The topological polar surface area (TPSA) is 54.1 Å². The zero-order valence-electron chi connectivity index (χ0n) is 20.5. The largest absolute Gasteiger partial charge is 0.465 e. The molecule has 1 aromatic heterocycles. The van der Waals surface area contributed by atoms with Gasteiger partial charge in [0.05, 0.1) is 12.7 Å². The van der Waals surface area contributed by atoms with E-state index in [-0.39, 0.29) is 5.97 Å². The molecular weight excluding hydrogens is 408 g/mol. The zero-order valence-corrected chi connectivity index (χ0v) is 20.5. The second kappa shape index (κ2) is 8.78. The molecule has 33 heavy (non-hydrogen) atoms. The summed E-state index contributed by atoms with van der Waals surface area (Å²) in [5.41, 5.74) is 12.5. The zero-order chi connectivity index (χ0) is 23.9. The summed E-state index contributed by atoms with van der Waals surface area (Å²) in [7, 11) is 1.41. The van der Waals surface area contributed by atoms with E-state index >= 15 is 0 Å². The fourth-order valence-corrected chi connectivity index (χ4v) is 4.80. The Morgan fingerprint density at radius 2 is 1.39 bits per heavy atom. The number of nitrogens with one attached hydrogen (secondary N) is 2. The van der Waals surface area contributed by atoms with Crippen molar-refractivity contribution in [1.29, 1.82) is 0 Å². The SMILES string of the molecule is COC(=O)c1c[nH]c2ccc(-c3c(C)c(C)c(-c4ccc(NC(C)C)cc4)c(C)c3C)cc12. The van der Waals surface area contributed by atoms with E-state index in [9.17, 15) is 4.79 Å². The summed E-state index contributed by atoms with van der Waals surface area (Å²) >= 11 is 0. The molecule has 0 unspecified atom stereocenters. The second-order valence-electron chi connectivity index (χ2n) is 9.08. The van der Waals surface area contributed by atoms with Gasteiger partial charge in [-0.3, -0.25) is 0 Å². The maximum Gasteiger partial charge on any atom is 0.340 e. The van der Waals surface area contributed by atoms with Crippen LogP contribution in [0.2, 0.25) is 0 Å². The average Bonchev–Trinajstić information content (AvgIpc) is 3.22. The van der Waals surface area contributed by atoms with E-state index in [1.807, 2.05) is 6.07 Å². The van der Waals surface area contributed by atoms with Crippen LogP contribution in [0.4, 0.5) is 5.69 Å². The molecule has 2 N–H and O–H groups in total. The fraction of sp³-hybridized carbons (Fsp3) is 0.276. The summed E-state index contributed by atoms with van der Waals surface area (Å²) in [4.78, 5) is 15.4. The number of benzene rings is 3. The number of H-pyrrole nitrogens is 1. The number of ether oxygens (including phenoxy) is 1. The van der Waals surface area contributed by atoms with Crippen LogP contribution < -0.4 is 5.32 Å². The van der Waals surface area contributed by atoms with Gasteiger partial charge in [-0.2, -0.15) is 0 Å². The molecule has 4 nitrogen and oxygen atoms in total. The second-order valence-corrected chi connectivity index (χ2v) is 9.08. The van der Waals surface area contributed by atoms with Gasteiger partial charge >= 0.3 is 5.97 Å². The van der Waals surface area contributed by atoms with Crippen LogP contribution in [0, 0.1) is 27.7 Å². The molecule has 0 aliphatic carbocycles. The van der Waals surface area contributed by atoms with Crippen LogP contribution in [0.1, 0.15) is 46.5 Å². The van der Waals surface area contributed by atoms with E-state index in [2.05, 4.69) is 88.2 Å². The van der Waals surface area contributed by atoms with Crippen molar-refractivity contribution in [2.24, 2.45) is 0 Å². The molecule has 0 saturated heterocycles. The van der Waals surface area contributed by atoms with Crippen molar-refractivity contribution < 1.29 is 9.53 Å². The lowest BCUT2D eigenvalue weighted by Gasteiger charge is -2.22. The van der Waals surface area contributed by atoms with Crippen molar-refractivity contribution in [2.45, 2.75) is 47.6 Å². The number of esters is 1. The Morgan fingerprint density at radius 1 is 0.848 bits per heavy atom. The molecule has 0 bridgehead atoms. The molecule has 1 heterocycles. The van der Waals surface area contributed by atoms with Gasteiger partial charge in [0.15, 0.2) is 0 Å². The van der Waals surface area contributed by atoms with Crippen molar-refractivity contribution in [3.63, 3.8) is 0 Å². The number of anilines is 1. The Bertz CT molecular complexity index is 1320. The van der Waals surface area contributed by atoms with Gasteiger partial charge in [0.1, 0.15) is 0 Å². The third-order valence-corrected chi connectivity index (χ3v) is 6.63. The standard InChI is InChI=1S/C29H32N2O2/c1-16(2)31-23-11-8-21(9-12-23)27-17(3)19(5)28(20(6)18(27)4)22-10-13-26-24(14-22)25(15-30-26)29(32)33-7/h8-16,30-31H,1-7H3. The summed E-state index contributed by atoms with van der Waals surface area (Å²) in [5, 5.41) is 4.34. The lowest BCUT2D eigenvalue weighted by Crippen LogP contribution is -2.09. The van der Waals surface area contributed by atoms with E-state index < -0.39 is 0 Å². The Labute approximate surface area is 196 Å². The first-order valence-electron chi connectivity index (χ1n) is 11.4. The Hall–Kier alpha value is -3.53. The molecular formula is C29H32N2O2. The van der Waals surface area contributed by atoms with Gasteiger partial charge in [0, 0.05) is 28.8 Å². The summed E-state index contributed by atoms with van der Waals surface area (Å²) < 4.78 is 4.96. The molecule has 0 amide bonds. The van der Waals surface area contributed by atoms with Crippen LogP contribution in [0.25, 0.3) is 33.2 Å². The molecule has 4 aromatic rings. The van der Waals surface area contributed by atoms with Crippen LogP contribution in [-0.2, 0) is 4.74 Å². The van der Waals surface area contributed by atoms with Crippen LogP contribution in [0.15, 0.2) is 48.7 Å². The third kappa shape index (κ3) is 4.02. The van der Waals surface area contributed by atoms with E-state index in [0.29, 0.717) is 11.6 Å². The first kappa shape index (κ1) is 22.7. The molecule has 0 fully saturated rings. The first-order chi connectivity index (χ1) is 15.7. The molecule has 0 saturated carbocycles. The molecule has 3 aromatic carbocycles. The molecule has 170 valence electrons. The van der Waals surface area contributed by atoms with Gasteiger partial charge in [0.2, 0.25) is 0 Å². The molecule has 0 atom stereocenters. The van der Waals surface area contributed by atoms with Gasteiger partial charge < -0.3 is 15.0 Å². The Balaban J connectivity index is 1.84. The number of carbonyl (C=O) groups excluding carboxylic acids is 1. The first-order valence-corrected chi connectivity index (χ1v) is 11.4. The number of fused-ring (bicyclic) bond motifs is 1. The van der Waals surface area contributed by atoms with E-state index in [1.165, 1.54) is 46.1 Å². The van der Waals surface area contributed by atoms with Crippen molar-refractivity contribution in [3.8, 4) is 22.3 Å². The molecule has 0 aliphatic heterocycles. The molecule has 4 heteroatoms. The maximum atomic E-state index is 12.2. The van der Waals surface area contributed by atoms with Gasteiger partial charge in [0.25, 0.3) is 0 Å². The Morgan fingerprint density at radius 3 is 1.94 bits per heavy atom. The average molecular weight is 441 g/mol. The number of aromatic nitrogens is 1. The predicted molar refractivity (Wildman–Crippen MR) is 138 cm³/mol. The number of carbonyl (C=O) groups is 1. The number of hydrogen-bond donors (Lipinski definition) is 2. The lowest BCUT2D eigenvalue weighted by atomic mass is 9.83. The molecule has 0 aliphatic rings. The van der Waals surface area contributed by atoms with Crippen molar-refractivity contribution in [3.05, 3.63) is 76.5 Å². The van der Waals surface area contributed by atoms with Crippen LogP contribution in [-0.4, -0.2) is 24.1 Å². The van der Waals surface area contributed by atoms with Crippen molar-refractivity contribution in [2.75, 3.05) is 12.4 Å². The lowest BCUT2D eigenvalue weighted by molar-refractivity contribution is 0.0603. The Kier molecular flexibility index (Phi) is 6.03. The minimum Gasteiger partial charge on any atom is -0.465 e. The molecule has 0 radical (unpaired) electrons. The third-order valence-electron chi connectivity index (χ3n) is 6.63. The van der Waals surface area contributed by atoms with E-state index in [1.54, 1.807) is 6.20 Å². The fourth-order valence-electron chi connectivity index (χ4n) is 4.80. The number of rotatable bonds is 5. The molecule has 4 rings (SSSR count). The van der Waals surface area contributed by atoms with Crippen LogP contribution in [0.3, 0.4) is 0 Å². The highest BCUT2D eigenvalue weighted by Crippen LogP contribution is 2.40. The van der Waals surface area contributed by atoms with Crippen LogP contribution in [0.5, 0.6) is 0 Å². The monoisotopic (exact) mass is 440 g/mol. The highest BCUT2D eigenvalue weighted by molar-refractivity contribution is 6.05. The highest BCUT2D eigenvalue weighted by Gasteiger charge is 2.19. The van der Waals surface area contributed by atoms with Crippen molar-refractivity contribution >= 4 is 22.6 Å². The highest BCUT2D eigenvalue weighted by atomic mass is 16.5. The minimum atomic E-state index is -0.329. The van der Waals surface area contributed by atoms with Gasteiger partial charge in [-0.25, -0.2) is 4.79 Å². The quantitative estimate of drug-likeness (QED) is 0.319. The van der Waals surface area contributed by atoms with Crippen LogP contribution >= 0.6 is 0 Å². The van der Waals surface area contributed by atoms with Crippen molar-refractivity contribution in [1.82, 2.24) is 4.98 Å². The smallest absolute Gasteiger partial charge is 0.340 e. The number of aromatic amines is 1.